The molecule has 656 valence electrons. The van der Waals surface area contributed by atoms with Crippen molar-refractivity contribution in [2.75, 3.05) is 75.3 Å². The molecule has 0 saturated heterocycles. The predicted octanol–water partition coefficient (Wildman–Crippen LogP) is 28.5. The SMILES string of the molecule is CCN1/C(=C/C(C)=O)Sc2ccc3c(c21)CCO3.CCN1/C(=C/C(C)=O)Sc2ccc3oc4cc(C)c(C)cc4c3c21.CCN1/C(=C/C(C)=O)Sc2ccc3oc4cc(C)ccc4c3c21.CCN1/C(=C/C(C)=O)Sc2ccc3oc4cc(Cl)ccc4c3c21.CCN1/C(=C/C(C)=O)Sc2ccc3oc4ccc(C)cc4c3c21.CCN1/C(=C/C(C)=O)Sc2ccc3occc3c21. The summed E-state index contributed by atoms with van der Waals surface area (Å²) in [5, 5.41) is 16.7. The van der Waals surface area contributed by atoms with Gasteiger partial charge in [-0.15, -0.1) is 0 Å². The molecular weight excluding hydrogens is 1750 g/mol. The summed E-state index contributed by atoms with van der Waals surface area (Å²) in [7, 11) is 0. The van der Waals surface area contributed by atoms with Gasteiger partial charge in [-0.05, 0) is 249 Å². The van der Waals surface area contributed by atoms with Crippen molar-refractivity contribution in [3.05, 3.63) is 251 Å². The third-order valence-electron chi connectivity index (χ3n) is 22.9. The molecule has 0 atom stereocenters. The fraction of sp³-hybridized carbons (Fsp3) is 0.231. The van der Waals surface area contributed by atoms with E-state index in [4.69, 9.17) is 38.4 Å². The van der Waals surface area contributed by atoms with Gasteiger partial charge in [-0.25, -0.2) is 0 Å². The molecule has 129 heavy (non-hydrogen) atoms. The summed E-state index contributed by atoms with van der Waals surface area (Å²) < 4.78 is 35.2. The number of thioether (sulfide) groups is 6. The Morgan fingerprint density at radius 2 is 0.636 bits per heavy atom. The molecule has 0 spiro atoms. The van der Waals surface area contributed by atoms with Crippen molar-refractivity contribution >= 4 is 250 Å². The fourth-order valence-electron chi connectivity index (χ4n) is 17.4. The van der Waals surface area contributed by atoms with Crippen LogP contribution in [0.2, 0.25) is 5.02 Å². The second-order valence-electron chi connectivity index (χ2n) is 32.0. The van der Waals surface area contributed by atoms with Crippen LogP contribution in [0.4, 0.5) is 34.1 Å². The average Bonchev–Trinajstić information content (AvgIpc) is 1.58. The van der Waals surface area contributed by atoms with Crippen molar-refractivity contribution in [1.29, 1.82) is 0 Å². The number of aryl methyl sites for hydroxylation is 4. The molecule has 0 amide bonds. The van der Waals surface area contributed by atoms with Crippen LogP contribution in [-0.2, 0) is 35.2 Å². The highest BCUT2D eigenvalue weighted by Gasteiger charge is 2.36. The number of allylic oxidation sites excluding steroid dienone is 6. The van der Waals surface area contributed by atoms with E-state index < -0.39 is 0 Å². The summed E-state index contributed by atoms with van der Waals surface area (Å²) in [4.78, 5) is 89.1. The number of ether oxygens (including phenoxy) is 1. The summed E-state index contributed by atoms with van der Waals surface area (Å²) in [5.74, 6) is 1.44. The maximum absolute atomic E-state index is 11.6. The first-order valence-electron chi connectivity index (χ1n) is 43.0. The highest BCUT2D eigenvalue weighted by molar-refractivity contribution is 8.05. The number of rotatable bonds is 12. The van der Waals surface area contributed by atoms with Crippen molar-refractivity contribution in [1.82, 2.24) is 0 Å². The lowest BCUT2D eigenvalue weighted by Gasteiger charge is -2.19. The minimum absolute atomic E-state index is 0.0545. The summed E-state index contributed by atoms with van der Waals surface area (Å²) in [6.07, 6.45) is 12.9. The zero-order chi connectivity index (χ0) is 90.8. The second kappa shape index (κ2) is 37.1. The molecule has 7 aliphatic rings. The van der Waals surface area contributed by atoms with Crippen molar-refractivity contribution < 1.29 is 55.6 Å². The maximum atomic E-state index is 11.6. The van der Waals surface area contributed by atoms with Crippen molar-refractivity contribution in [3.8, 4) is 5.75 Å². The quantitative estimate of drug-likeness (QED) is 0.105. The molecule has 0 aliphatic carbocycles. The molecule has 5 aromatic heterocycles. The standard InChI is InChI=1S/C20H19NO2S.2C19H17NO2S.C18H14ClNO2S.C14H15NO2S.C14H13NO2S/c1-5-21-18(10-13(4)22)24-17-7-6-15-19(20(17)21)14-8-11(2)12(3)9-16(14)23-15;1-4-20-17(10-12(3)21)23-16-8-7-15-18(19(16)20)13-9-11(2)5-6-14(13)22-15;1-4-20-17(10-12(3)21)23-16-8-7-14-18(19(16)20)13-6-5-11(2)9-15(13)22-14;1-3-20-16(8-10(2)21)23-15-7-6-13-17(18(15)20)12-5-4-11(19)9-14(12)22-13;2*1-3-15-13(8-9(2)16)18-12-5-4-11-10(14(12)15)6-7-17-11/h6-10H,5H2,1-4H3;2*5-10H,4H2,1-3H3;4-9H,3H2,1-2H3;4-5,8H,3,6-7H2,1-2H3;4-8H,3H2,1-2H3/b18-10-;2*17-10-;16-8-;2*13-8-. The van der Waals surface area contributed by atoms with E-state index in [9.17, 15) is 28.8 Å². The molecule has 0 unspecified atom stereocenters. The van der Waals surface area contributed by atoms with Crippen LogP contribution in [0.3, 0.4) is 0 Å². The highest BCUT2D eigenvalue weighted by Crippen LogP contribution is 2.58. The Hall–Kier alpha value is -11.6. The second-order valence-corrected chi connectivity index (χ2v) is 38.8. The van der Waals surface area contributed by atoms with Crippen molar-refractivity contribution in [3.63, 3.8) is 0 Å². The van der Waals surface area contributed by atoms with Crippen LogP contribution >= 0.6 is 82.2 Å². The Kier molecular flexibility index (Phi) is 25.7. The van der Waals surface area contributed by atoms with Gasteiger partial charge in [0.2, 0.25) is 0 Å². The van der Waals surface area contributed by atoms with Crippen LogP contribution < -0.4 is 34.1 Å². The number of hydrogen-bond acceptors (Lipinski definition) is 24. The van der Waals surface area contributed by atoms with E-state index in [2.05, 4.69) is 177 Å². The smallest absolute Gasteiger partial charge is 0.155 e. The molecule has 10 aromatic carbocycles. The van der Waals surface area contributed by atoms with Gasteiger partial charge < -0.3 is 56.2 Å². The largest absolute Gasteiger partial charge is 0.493 e. The number of carbonyl (C=O) groups excluding carboxylic acids is 6. The molecule has 22 rings (SSSR count). The molecule has 0 bridgehead atoms. The third kappa shape index (κ3) is 17.2. The number of benzene rings is 10. The maximum Gasteiger partial charge on any atom is 0.155 e. The van der Waals surface area contributed by atoms with E-state index in [-0.39, 0.29) is 34.7 Å². The summed E-state index contributed by atoms with van der Waals surface area (Å²) in [6, 6.07) is 49.2. The van der Waals surface area contributed by atoms with Gasteiger partial charge in [0, 0.05) is 155 Å². The summed E-state index contributed by atoms with van der Waals surface area (Å²) >= 11 is 16.0. The number of carbonyl (C=O) groups is 6. The minimum atomic E-state index is 0.0545. The third-order valence-corrected chi connectivity index (χ3v) is 29.7. The first kappa shape index (κ1) is 89.4. The topological polar surface area (TPSA) is 197 Å². The van der Waals surface area contributed by atoms with Crippen LogP contribution in [0.15, 0.2) is 270 Å². The Morgan fingerprint density at radius 3 is 1.06 bits per heavy atom. The molecular formula is C104H95ClN6O12S6. The number of fused-ring (bicyclic) bond motifs is 26. The van der Waals surface area contributed by atoms with Gasteiger partial charge in [-0.3, -0.25) is 28.8 Å². The molecule has 0 N–H and O–H groups in total. The number of ketones is 6. The van der Waals surface area contributed by atoms with E-state index in [1.165, 1.54) is 58.0 Å². The van der Waals surface area contributed by atoms with E-state index >= 15 is 0 Å². The van der Waals surface area contributed by atoms with Crippen LogP contribution in [0.1, 0.15) is 111 Å². The number of nitrogens with zero attached hydrogens (tertiary/aromatic N) is 6. The zero-order valence-electron chi connectivity index (χ0n) is 74.5. The Morgan fingerprint density at radius 1 is 0.318 bits per heavy atom. The van der Waals surface area contributed by atoms with Crippen LogP contribution in [0.5, 0.6) is 5.75 Å². The normalized spacial score (nSPS) is 16.3. The molecule has 25 heteroatoms. The van der Waals surface area contributed by atoms with E-state index in [0.717, 1.165) is 220 Å². The first-order chi connectivity index (χ1) is 62.1. The van der Waals surface area contributed by atoms with Gasteiger partial charge in [0.05, 0.1) is 98.7 Å². The number of furan rings is 5. The van der Waals surface area contributed by atoms with Gasteiger partial charge in [-0.2, -0.15) is 0 Å². The lowest BCUT2D eigenvalue weighted by atomic mass is 10.0. The Balaban J connectivity index is 0.000000109. The summed E-state index contributed by atoms with van der Waals surface area (Å²) in [5.41, 5.74) is 21.1. The van der Waals surface area contributed by atoms with E-state index in [1.54, 1.807) is 155 Å². The van der Waals surface area contributed by atoms with Crippen LogP contribution in [-0.4, -0.2) is 80.6 Å². The van der Waals surface area contributed by atoms with Crippen LogP contribution in [0, 0.1) is 27.7 Å². The number of halogens is 1. The molecule has 7 aliphatic heterocycles. The summed E-state index contributed by atoms with van der Waals surface area (Å²) in [6.45, 7) is 36.2. The molecule has 0 fully saturated rings. The minimum Gasteiger partial charge on any atom is -0.493 e. The van der Waals surface area contributed by atoms with Gasteiger partial charge in [0.15, 0.2) is 34.7 Å². The van der Waals surface area contributed by atoms with Crippen molar-refractivity contribution in [2.45, 2.75) is 147 Å². The molecule has 18 nitrogen and oxygen atoms in total. The lowest BCUT2D eigenvalue weighted by molar-refractivity contribution is -0.113. The Bertz CT molecular complexity index is 7250. The van der Waals surface area contributed by atoms with Gasteiger partial charge in [0.25, 0.3) is 0 Å². The molecule has 12 heterocycles. The fourth-order valence-corrected chi connectivity index (χ4v) is 24.9. The van der Waals surface area contributed by atoms with Gasteiger partial charge >= 0.3 is 0 Å². The molecule has 0 saturated carbocycles. The first-order valence-corrected chi connectivity index (χ1v) is 48.3. The van der Waals surface area contributed by atoms with Crippen LogP contribution in [0.25, 0.3) is 98.7 Å². The van der Waals surface area contributed by atoms with Gasteiger partial charge in [-0.1, -0.05) is 106 Å². The monoisotopic (exact) mass is 1850 g/mol. The number of anilines is 6. The van der Waals surface area contributed by atoms with E-state index in [0.29, 0.717) is 5.02 Å². The van der Waals surface area contributed by atoms with Crippen molar-refractivity contribution in [2.24, 2.45) is 0 Å². The molecule has 0 radical (unpaired) electrons. The molecule has 15 aromatic rings. The van der Waals surface area contributed by atoms with Gasteiger partial charge in [0.1, 0.15) is 56.0 Å². The Labute approximate surface area is 778 Å². The number of hydrogen-bond donors (Lipinski definition) is 0. The average molecular weight is 1850 g/mol. The zero-order valence-corrected chi connectivity index (χ0v) is 80.1. The predicted molar refractivity (Wildman–Crippen MR) is 537 cm³/mol. The highest BCUT2D eigenvalue weighted by atomic mass is 35.5. The lowest BCUT2D eigenvalue weighted by Crippen LogP contribution is -2.18. The van der Waals surface area contributed by atoms with E-state index in [1.807, 2.05) is 66.7 Å².